The Morgan fingerprint density at radius 1 is 1.32 bits per heavy atom. The summed E-state index contributed by atoms with van der Waals surface area (Å²) in [6.45, 7) is 3.47. The number of nitrogens with zero attached hydrogens (tertiary/aromatic N) is 2. The molecule has 1 aromatic heterocycles. The van der Waals surface area contributed by atoms with Crippen molar-refractivity contribution in [2.75, 3.05) is 11.9 Å². The summed E-state index contributed by atoms with van der Waals surface area (Å²) in [5, 5.41) is 7.07. The van der Waals surface area contributed by atoms with Crippen molar-refractivity contribution in [1.82, 2.24) is 15.2 Å². The Labute approximate surface area is 123 Å². The summed E-state index contributed by atoms with van der Waals surface area (Å²) >= 11 is 0. The Bertz CT molecular complexity index is 682. The van der Waals surface area contributed by atoms with Gasteiger partial charge >= 0.3 is 6.18 Å². The van der Waals surface area contributed by atoms with Gasteiger partial charge in [0.25, 0.3) is 5.91 Å². The number of ether oxygens (including phenoxy) is 1. The Kier molecular flexibility index (Phi) is 4.34. The lowest BCUT2D eigenvalue weighted by atomic mass is 10.1. The maximum atomic E-state index is 12.3. The van der Waals surface area contributed by atoms with E-state index < -0.39 is 23.9 Å². The highest BCUT2D eigenvalue weighted by Gasteiger charge is 2.35. The zero-order valence-corrected chi connectivity index (χ0v) is 11.8. The number of rotatable bonds is 4. The van der Waals surface area contributed by atoms with Crippen LogP contribution in [0.25, 0.3) is 0 Å². The van der Waals surface area contributed by atoms with E-state index in [9.17, 15) is 18.0 Å². The summed E-state index contributed by atoms with van der Waals surface area (Å²) in [5.74, 6) is -1.91. The first-order valence-corrected chi connectivity index (χ1v) is 6.25. The van der Waals surface area contributed by atoms with Gasteiger partial charge in [0.15, 0.2) is 6.61 Å². The molecule has 6 nitrogen and oxygen atoms in total. The van der Waals surface area contributed by atoms with Gasteiger partial charge in [-0.25, -0.2) is 0 Å². The number of halogens is 3. The molecule has 0 radical (unpaired) electrons. The van der Waals surface area contributed by atoms with Crippen LogP contribution in [0, 0.1) is 13.8 Å². The van der Waals surface area contributed by atoms with Gasteiger partial charge in [0.1, 0.15) is 5.75 Å². The lowest BCUT2D eigenvalue weighted by Crippen LogP contribution is -2.21. The third-order valence-corrected chi connectivity index (χ3v) is 2.85. The number of aryl methyl sites for hydroxylation is 2. The number of nitrogens with one attached hydrogen (secondary N) is 2. The minimum atomic E-state index is -4.65. The van der Waals surface area contributed by atoms with Gasteiger partial charge in [-0.15, -0.1) is 5.10 Å². The topological polar surface area (TPSA) is 79.9 Å². The van der Waals surface area contributed by atoms with Gasteiger partial charge in [-0.1, -0.05) is 6.07 Å². The summed E-state index contributed by atoms with van der Waals surface area (Å²) in [4.78, 5) is 14.7. The van der Waals surface area contributed by atoms with Crippen molar-refractivity contribution in [2.45, 2.75) is 20.0 Å². The van der Waals surface area contributed by atoms with Crippen LogP contribution in [-0.2, 0) is 11.0 Å². The van der Waals surface area contributed by atoms with Gasteiger partial charge in [-0.2, -0.15) is 18.2 Å². The molecule has 2 aromatic rings. The molecule has 0 unspecified atom stereocenters. The third-order valence-electron chi connectivity index (χ3n) is 2.85. The molecular formula is C13H13F3N4O2. The number of hydrogen-bond donors (Lipinski definition) is 2. The van der Waals surface area contributed by atoms with E-state index in [2.05, 4.69) is 15.4 Å². The van der Waals surface area contributed by atoms with Gasteiger partial charge in [0, 0.05) is 0 Å². The van der Waals surface area contributed by atoms with Crippen LogP contribution in [0.5, 0.6) is 5.75 Å². The van der Waals surface area contributed by atoms with Crippen LogP contribution in [0.2, 0.25) is 0 Å². The van der Waals surface area contributed by atoms with E-state index in [0.29, 0.717) is 5.75 Å². The quantitative estimate of drug-likeness (QED) is 0.908. The van der Waals surface area contributed by atoms with Crippen LogP contribution < -0.4 is 10.1 Å². The van der Waals surface area contributed by atoms with Crippen LogP contribution in [0.15, 0.2) is 18.2 Å². The van der Waals surface area contributed by atoms with Crippen molar-refractivity contribution in [3.63, 3.8) is 0 Å². The highest BCUT2D eigenvalue weighted by Crippen LogP contribution is 2.26. The Hall–Kier alpha value is -2.58. The second kappa shape index (κ2) is 6.04. The van der Waals surface area contributed by atoms with E-state index in [0.717, 1.165) is 11.1 Å². The molecule has 0 spiro atoms. The van der Waals surface area contributed by atoms with Crippen molar-refractivity contribution in [1.29, 1.82) is 0 Å². The van der Waals surface area contributed by atoms with Crippen LogP contribution in [0.3, 0.4) is 0 Å². The van der Waals surface area contributed by atoms with E-state index >= 15 is 0 Å². The van der Waals surface area contributed by atoms with E-state index in [1.807, 2.05) is 19.9 Å². The first-order chi connectivity index (χ1) is 10.3. The van der Waals surface area contributed by atoms with E-state index in [1.165, 1.54) is 0 Å². The lowest BCUT2D eigenvalue weighted by molar-refractivity contribution is -0.144. The summed E-state index contributed by atoms with van der Waals surface area (Å²) in [6.07, 6.45) is -4.65. The lowest BCUT2D eigenvalue weighted by Gasteiger charge is -2.07. The smallest absolute Gasteiger partial charge is 0.451 e. The average molecular weight is 314 g/mol. The molecule has 0 fully saturated rings. The Morgan fingerprint density at radius 2 is 2.05 bits per heavy atom. The highest BCUT2D eigenvalue weighted by molar-refractivity contribution is 5.90. The molecule has 0 aliphatic carbocycles. The zero-order chi connectivity index (χ0) is 16.3. The second-order valence-electron chi connectivity index (χ2n) is 4.59. The fourth-order valence-electron chi connectivity index (χ4n) is 1.56. The third kappa shape index (κ3) is 3.96. The van der Waals surface area contributed by atoms with Crippen molar-refractivity contribution < 1.29 is 22.7 Å². The van der Waals surface area contributed by atoms with Gasteiger partial charge < -0.3 is 4.74 Å². The van der Waals surface area contributed by atoms with Crippen molar-refractivity contribution >= 4 is 11.9 Å². The van der Waals surface area contributed by atoms with Crippen LogP contribution >= 0.6 is 0 Å². The number of benzene rings is 1. The summed E-state index contributed by atoms with van der Waals surface area (Å²) in [7, 11) is 0. The molecule has 0 saturated carbocycles. The number of anilines is 1. The predicted octanol–water partition coefficient (Wildman–Crippen LogP) is 2.46. The molecule has 22 heavy (non-hydrogen) atoms. The van der Waals surface area contributed by atoms with Crippen LogP contribution in [0.4, 0.5) is 19.1 Å². The SMILES string of the molecule is Cc1ccc(OCC(=O)Nc2n[nH]c(C(F)(F)F)n2)cc1C. The molecule has 1 heterocycles. The molecule has 118 valence electrons. The number of aromatic nitrogens is 3. The summed E-state index contributed by atoms with van der Waals surface area (Å²) < 4.78 is 42.2. The minimum absolute atomic E-state index is 0.363. The Morgan fingerprint density at radius 3 is 2.64 bits per heavy atom. The number of H-pyrrole nitrogens is 1. The number of carbonyl (C=O) groups is 1. The highest BCUT2D eigenvalue weighted by atomic mass is 19.4. The molecule has 1 aromatic carbocycles. The Balaban J connectivity index is 1.90. The van der Waals surface area contributed by atoms with Gasteiger partial charge in [0.2, 0.25) is 11.8 Å². The van der Waals surface area contributed by atoms with E-state index in [1.54, 1.807) is 17.2 Å². The number of alkyl halides is 3. The standard InChI is InChI=1S/C13H13F3N4O2/c1-7-3-4-9(5-8(7)2)22-6-10(21)17-12-18-11(19-20-12)13(14,15)16/h3-5H,6H2,1-2H3,(H2,17,18,19,20,21). The average Bonchev–Trinajstić information content (AvgIpc) is 2.88. The number of hydrogen-bond acceptors (Lipinski definition) is 4. The second-order valence-corrected chi connectivity index (χ2v) is 4.59. The maximum Gasteiger partial charge on any atom is 0.451 e. The predicted molar refractivity (Wildman–Crippen MR) is 71.4 cm³/mol. The number of carbonyl (C=O) groups excluding carboxylic acids is 1. The normalized spacial score (nSPS) is 11.3. The minimum Gasteiger partial charge on any atom is -0.484 e. The summed E-state index contributed by atoms with van der Waals surface area (Å²) in [6, 6.07) is 5.30. The fourth-order valence-corrected chi connectivity index (χ4v) is 1.56. The summed E-state index contributed by atoms with van der Waals surface area (Å²) in [5.41, 5.74) is 2.08. The zero-order valence-electron chi connectivity index (χ0n) is 11.8. The number of amides is 1. The molecule has 0 bridgehead atoms. The molecule has 0 aliphatic heterocycles. The van der Waals surface area contributed by atoms with E-state index in [4.69, 9.17) is 4.74 Å². The van der Waals surface area contributed by atoms with Gasteiger partial charge in [0.05, 0.1) is 0 Å². The van der Waals surface area contributed by atoms with Crippen LogP contribution in [-0.4, -0.2) is 27.7 Å². The molecule has 0 aliphatic rings. The largest absolute Gasteiger partial charge is 0.484 e. The molecule has 9 heteroatoms. The molecular weight excluding hydrogens is 301 g/mol. The molecule has 0 atom stereocenters. The van der Waals surface area contributed by atoms with E-state index in [-0.39, 0.29) is 6.61 Å². The first kappa shape index (κ1) is 15.8. The molecule has 2 N–H and O–H groups in total. The van der Waals surface area contributed by atoms with Crippen LogP contribution in [0.1, 0.15) is 17.0 Å². The van der Waals surface area contributed by atoms with Crippen molar-refractivity contribution in [3.8, 4) is 5.75 Å². The van der Waals surface area contributed by atoms with Gasteiger partial charge in [-0.3, -0.25) is 15.2 Å². The van der Waals surface area contributed by atoms with Crippen molar-refractivity contribution in [2.24, 2.45) is 0 Å². The van der Waals surface area contributed by atoms with Crippen molar-refractivity contribution in [3.05, 3.63) is 35.2 Å². The molecule has 1 amide bonds. The molecule has 2 rings (SSSR count). The van der Waals surface area contributed by atoms with Gasteiger partial charge in [-0.05, 0) is 37.1 Å². The number of aromatic amines is 1. The monoisotopic (exact) mass is 314 g/mol. The fraction of sp³-hybridized carbons (Fsp3) is 0.308. The maximum absolute atomic E-state index is 12.3. The first-order valence-electron chi connectivity index (χ1n) is 6.25. The molecule has 0 saturated heterocycles.